The molecular weight excluding hydrogens is 166 g/mol. The first-order chi connectivity index (χ1) is 6.40. The van der Waals surface area contributed by atoms with Gasteiger partial charge in [0.05, 0.1) is 19.3 Å². The fourth-order valence-electron chi connectivity index (χ4n) is 1.22. The molecule has 4 nitrogen and oxygen atoms in total. The minimum atomic E-state index is 0.682. The zero-order valence-electron chi connectivity index (χ0n) is 7.47. The van der Waals surface area contributed by atoms with Gasteiger partial charge in [0.15, 0.2) is 0 Å². The van der Waals surface area contributed by atoms with Crippen LogP contribution in [0.25, 0.3) is 10.9 Å². The van der Waals surface area contributed by atoms with Crippen molar-refractivity contribution >= 4 is 10.9 Å². The van der Waals surface area contributed by atoms with Gasteiger partial charge in [-0.05, 0) is 6.07 Å². The highest BCUT2D eigenvalue weighted by molar-refractivity contribution is 5.76. The van der Waals surface area contributed by atoms with Gasteiger partial charge in [0.1, 0.15) is 5.52 Å². The standard InChI is InChI=1S/C9H11N3O/c1-13-5-4-12-7-8-2-3-10-6-9(8)11-12/h2-3,6-7H,4-5H2,1H3. The minimum absolute atomic E-state index is 0.682. The summed E-state index contributed by atoms with van der Waals surface area (Å²) in [4.78, 5) is 4.00. The van der Waals surface area contributed by atoms with Crippen LogP contribution in [0.3, 0.4) is 0 Å². The van der Waals surface area contributed by atoms with Crippen LogP contribution in [0.5, 0.6) is 0 Å². The third-order valence-electron chi connectivity index (χ3n) is 1.88. The van der Waals surface area contributed by atoms with Crippen LogP contribution < -0.4 is 0 Å². The molecule has 0 saturated carbocycles. The fraction of sp³-hybridized carbons (Fsp3) is 0.333. The molecule has 68 valence electrons. The van der Waals surface area contributed by atoms with Crippen molar-refractivity contribution in [2.75, 3.05) is 13.7 Å². The van der Waals surface area contributed by atoms with E-state index in [0.29, 0.717) is 6.61 Å². The Morgan fingerprint density at radius 3 is 3.23 bits per heavy atom. The fourth-order valence-corrected chi connectivity index (χ4v) is 1.22. The third kappa shape index (κ3) is 1.67. The molecule has 2 aromatic heterocycles. The molecule has 0 aromatic carbocycles. The van der Waals surface area contributed by atoms with Gasteiger partial charge in [0.25, 0.3) is 0 Å². The predicted octanol–water partition coefficient (Wildman–Crippen LogP) is 1.08. The quantitative estimate of drug-likeness (QED) is 0.704. The summed E-state index contributed by atoms with van der Waals surface area (Å²) in [5.74, 6) is 0. The van der Waals surface area contributed by atoms with E-state index in [1.807, 2.05) is 16.9 Å². The summed E-state index contributed by atoms with van der Waals surface area (Å²) in [6.07, 6.45) is 5.53. The Morgan fingerprint density at radius 1 is 1.54 bits per heavy atom. The van der Waals surface area contributed by atoms with Crippen molar-refractivity contribution < 1.29 is 4.74 Å². The van der Waals surface area contributed by atoms with Gasteiger partial charge in [-0.1, -0.05) is 0 Å². The number of methoxy groups -OCH3 is 1. The van der Waals surface area contributed by atoms with Gasteiger partial charge < -0.3 is 4.74 Å². The lowest BCUT2D eigenvalue weighted by atomic mass is 10.3. The highest BCUT2D eigenvalue weighted by atomic mass is 16.5. The van der Waals surface area contributed by atoms with Crippen LogP contribution in [-0.4, -0.2) is 28.5 Å². The number of hydrogen-bond acceptors (Lipinski definition) is 3. The Hall–Kier alpha value is -1.42. The van der Waals surface area contributed by atoms with Gasteiger partial charge in [0.2, 0.25) is 0 Å². The Balaban J connectivity index is 2.28. The van der Waals surface area contributed by atoms with Crippen molar-refractivity contribution in [2.24, 2.45) is 0 Å². The molecule has 0 aliphatic rings. The summed E-state index contributed by atoms with van der Waals surface area (Å²) in [5, 5.41) is 5.44. The molecule has 0 N–H and O–H groups in total. The SMILES string of the molecule is COCCn1cc2ccncc2n1. The second kappa shape index (κ2) is 3.53. The van der Waals surface area contributed by atoms with Gasteiger partial charge in [0, 0.05) is 24.9 Å². The lowest BCUT2D eigenvalue weighted by Crippen LogP contribution is -2.03. The van der Waals surface area contributed by atoms with E-state index in [2.05, 4.69) is 10.1 Å². The van der Waals surface area contributed by atoms with Gasteiger partial charge in [-0.2, -0.15) is 5.10 Å². The van der Waals surface area contributed by atoms with Crippen molar-refractivity contribution in [1.29, 1.82) is 0 Å². The molecule has 0 aliphatic carbocycles. The summed E-state index contributed by atoms with van der Waals surface area (Å²) in [6.45, 7) is 1.46. The minimum Gasteiger partial charge on any atom is -0.383 e. The molecule has 0 aliphatic heterocycles. The van der Waals surface area contributed by atoms with E-state index in [0.717, 1.165) is 17.4 Å². The second-order valence-electron chi connectivity index (χ2n) is 2.82. The van der Waals surface area contributed by atoms with E-state index in [4.69, 9.17) is 4.74 Å². The topological polar surface area (TPSA) is 39.9 Å². The maximum Gasteiger partial charge on any atom is 0.111 e. The molecule has 0 spiro atoms. The molecular formula is C9H11N3O. The third-order valence-corrected chi connectivity index (χ3v) is 1.88. The zero-order valence-corrected chi connectivity index (χ0v) is 7.47. The van der Waals surface area contributed by atoms with Crippen LogP contribution in [0.4, 0.5) is 0 Å². The summed E-state index contributed by atoms with van der Waals surface area (Å²) in [5.41, 5.74) is 0.929. The maximum absolute atomic E-state index is 4.97. The normalized spacial score (nSPS) is 10.8. The van der Waals surface area contributed by atoms with Crippen molar-refractivity contribution in [2.45, 2.75) is 6.54 Å². The Morgan fingerprint density at radius 2 is 2.46 bits per heavy atom. The molecule has 0 amide bonds. The summed E-state index contributed by atoms with van der Waals surface area (Å²) >= 11 is 0. The monoisotopic (exact) mass is 177 g/mol. The van der Waals surface area contributed by atoms with E-state index < -0.39 is 0 Å². The van der Waals surface area contributed by atoms with Gasteiger partial charge >= 0.3 is 0 Å². The molecule has 0 unspecified atom stereocenters. The lowest BCUT2D eigenvalue weighted by Gasteiger charge is -1.97. The number of fused-ring (bicyclic) bond motifs is 1. The Kier molecular flexibility index (Phi) is 2.23. The van der Waals surface area contributed by atoms with Gasteiger partial charge in [-0.25, -0.2) is 0 Å². The van der Waals surface area contributed by atoms with E-state index in [9.17, 15) is 0 Å². The van der Waals surface area contributed by atoms with Crippen molar-refractivity contribution in [3.8, 4) is 0 Å². The second-order valence-corrected chi connectivity index (χ2v) is 2.82. The van der Waals surface area contributed by atoms with Crippen LogP contribution in [0.2, 0.25) is 0 Å². The first-order valence-corrected chi connectivity index (χ1v) is 4.16. The molecule has 0 bridgehead atoms. The summed E-state index contributed by atoms with van der Waals surface area (Å²) in [6, 6.07) is 1.95. The molecule has 13 heavy (non-hydrogen) atoms. The number of nitrogens with zero attached hydrogens (tertiary/aromatic N) is 3. The van der Waals surface area contributed by atoms with Crippen LogP contribution in [0.15, 0.2) is 24.7 Å². The Labute approximate surface area is 76.1 Å². The highest BCUT2D eigenvalue weighted by Gasteiger charge is 1.98. The van der Waals surface area contributed by atoms with E-state index in [1.165, 1.54) is 0 Å². The molecule has 4 heteroatoms. The first-order valence-electron chi connectivity index (χ1n) is 4.16. The number of rotatable bonds is 3. The van der Waals surface area contributed by atoms with Gasteiger partial charge in [-0.3, -0.25) is 9.67 Å². The number of hydrogen-bond donors (Lipinski definition) is 0. The van der Waals surface area contributed by atoms with Crippen molar-refractivity contribution in [1.82, 2.24) is 14.8 Å². The molecule has 2 rings (SSSR count). The summed E-state index contributed by atoms with van der Waals surface area (Å²) in [7, 11) is 1.69. The number of aromatic nitrogens is 3. The smallest absolute Gasteiger partial charge is 0.111 e. The van der Waals surface area contributed by atoms with E-state index in [1.54, 1.807) is 19.5 Å². The zero-order chi connectivity index (χ0) is 9.10. The highest BCUT2D eigenvalue weighted by Crippen LogP contribution is 2.08. The maximum atomic E-state index is 4.97. The molecule has 0 atom stereocenters. The molecule has 2 aromatic rings. The number of ether oxygens (including phenoxy) is 1. The largest absolute Gasteiger partial charge is 0.383 e. The molecule has 0 radical (unpaired) electrons. The van der Waals surface area contributed by atoms with Crippen molar-refractivity contribution in [3.05, 3.63) is 24.7 Å². The first kappa shape index (κ1) is 8.19. The average Bonchev–Trinajstić information content (AvgIpc) is 2.57. The van der Waals surface area contributed by atoms with Crippen LogP contribution in [0, 0.1) is 0 Å². The van der Waals surface area contributed by atoms with E-state index >= 15 is 0 Å². The molecule has 0 saturated heterocycles. The van der Waals surface area contributed by atoms with Crippen molar-refractivity contribution in [3.63, 3.8) is 0 Å². The Bertz CT molecular complexity index is 363. The average molecular weight is 177 g/mol. The van der Waals surface area contributed by atoms with Crippen LogP contribution in [-0.2, 0) is 11.3 Å². The predicted molar refractivity (Wildman–Crippen MR) is 49.4 cm³/mol. The summed E-state index contributed by atoms with van der Waals surface area (Å²) < 4.78 is 6.84. The van der Waals surface area contributed by atoms with Crippen LogP contribution >= 0.6 is 0 Å². The van der Waals surface area contributed by atoms with Crippen LogP contribution in [0.1, 0.15) is 0 Å². The molecule has 2 heterocycles. The van der Waals surface area contributed by atoms with E-state index in [-0.39, 0.29) is 0 Å². The molecule has 0 fully saturated rings. The van der Waals surface area contributed by atoms with Gasteiger partial charge in [-0.15, -0.1) is 0 Å². The lowest BCUT2D eigenvalue weighted by molar-refractivity contribution is 0.184. The number of pyridine rings is 1.